The van der Waals surface area contributed by atoms with Crippen molar-refractivity contribution in [3.8, 4) is 0 Å². The third kappa shape index (κ3) is 8.04. The molecule has 0 bridgehead atoms. The maximum Gasteiger partial charge on any atom is 0.673 e. The summed E-state index contributed by atoms with van der Waals surface area (Å²) >= 11 is 0. The maximum absolute atomic E-state index is 9.75. The minimum absolute atomic E-state index is 0.712. The van der Waals surface area contributed by atoms with Crippen molar-refractivity contribution in [3.63, 3.8) is 0 Å². The topological polar surface area (TPSA) is 43.8 Å². The molecule has 0 unspecified atom stereocenters. The van der Waals surface area contributed by atoms with Gasteiger partial charge in [0.05, 0.1) is 0 Å². The fraction of sp³-hybridized carbons (Fsp3) is 0.375. The van der Waals surface area contributed by atoms with Gasteiger partial charge in [-0.05, 0) is 13.0 Å². The number of imidazole rings is 1. The Morgan fingerprint density at radius 2 is 2.00 bits per heavy atom. The number of halogens is 4. The quantitative estimate of drug-likeness (QED) is 0.645. The smallest absolute Gasteiger partial charge is 0.418 e. The third-order valence-electron chi connectivity index (χ3n) is 1.55. The van der Waals surface area contributed by atoms with Crippen LogP contribution in [0, 0.1) is 0 Å². The summed E-state index contributed by atoms with van der Waals surface area (Å²) < 4.78 is 40.9. The molecule has 1 heterocycles. The second-order valence-corrected chi connectivity index (χ2v) is 2.82. The Kier molecular flexibility index (Phi) is 6.47. The van der Waals surface area contributed by atoms with Gasteiger partial charge in [0.15, 0.2) is 0 Å². The van der Waals surface area contributed by atoms with Gasteiger partial charge in [-0.15, -0.1) is 0 Å². The van der Waals surface area contributed by atoms with Gasteiger partial charge in [0.2, 0.25) is 0 Å². The van der Waals surface area contributed by atoms with Crippen molar-refractivity contribution in [2.75, 3.05) is 6.54 Å². The first-order valence-electron chi connectivity index (χ1n) is 4.60. The van der Waals surface area contributed by atoms with E-state index in [0.717, 1.165) is 18.7 Å². The highest BCUT2D eigenvalue weighted by Gasteiger charge is 2.20. The number of hydrogen-bond acceptors (Lipinski definition) is 2. The molecular formula is C8H13BF4N3-. The number of aryl methyl sites for hydroxylation is 1. The van der Waals surface area contributed by atoms with E-state index in [2.05, 4.69) is 11.6 Å². The van der Waals surface area contributed by atoms with Crippen LogP contribution in [0.3, 0.4) is 0 Å². The summed E-state index contributed by atoms with van der Waals surface area (Å²) in [5, 5.41) is 0. The van der Waals surface area contributed by atoms with E-state index in [1.165, 1.54) is 0 Å². The van der Waals surface area contributed by atoms with Crippen LogP contribution in [0.4, 0.5) is 17.3 Å². The van der Waals surface area contributed by atoms with Crippen molar-refractivity contribution in [2.45, 2.75) is 12.8 Å². The third-order valence-corrected chi connectivity index (χ3v) is 1.55. The molecule has 2 N–H and O–H groups in total. The molecule has 0 saturated heterocycles. The molecule has 0 aliphatic rings. The van der Waals surface area contributed by atoms with Crippen LogP contribution in [-0.4, -0.2) is 23.4 Å². The summed E-state index contributed by atoms with van der Waals surface area (Å²) in [7, 11) is -6.00. The molecule has 0 aromatic carbocycles. The Labute approximate surface area is 91.1 Å². The Bertz CT molecular complexity index is 304. The molecule has 1 aromatic rings. The molecule has 0 aliphatic heterocycles. The summed E-state index contributed by atoms with van der Waals surface area (Å²) in [6.45, 7) is 4.38. The van der Waals surface area contributed by atoms with Gasteiger partial charge >= 0.3 is 7.25 Å². The van der Waals surface area contributed by atoms with Crippen LogP contribution in [0.5, 0.6) is 0 Å². The van der Waals surface area contributed by atoms with Crippen molar-refractivity contribution >= 4 is 13.5 Å². The van der Waals surface area contributed by atoms with Crippen LogP contribution in [0.15, 0.2) is 19.0 Å². The Balaban J connectivity index is 0.000000385. The molecular weight excluding hydrogens is 225 g/mol. The highest BCUT2D eigenvalue weighted by Crippen LogP contribution is 2.06. The Morgan fingerprint density at radius 1 is 1.44 bits per heavy atom. The molecule has 0 spiro atoms. The minimum atomic E-state index is -6.00. The normalized spacial score (nSPS) is 10.6. The fourth-order valence-electron chi connectivity index (χ4n) is 0.964. The SMILES string of the molecule is C=Cn1ccnc1CCCN.F[B-](F)(F)F. The van der Waals surface area contributed by atoms with E-state index in [1.54, 1.807) is 12.4 Å². The maximum atomic E-state index is 9.75. The zero-order valence-corrected chi connectivity index (χ0v) is 8.62. The van der Waals surface area contributed by atoms with E-state index in [9.17, 15) is 17.3 Å². The second kappa shape index (κ2) is 7.05. The van der Waals surface area contributed by atoms with Crippen molar-refractivity contribution in [2.24, 2.45) is 5.73 Å². The first-order chi connectivity index (χ1) is 7.38. The van der Waals surface area contributed by atoms with Crippen LogP contribution < -0.4 is 5.73 Å². The number of aromatic nitrogens is 2. The fourth-order valence-corrected chi connectivity index (χ4v) is 0.964. The van der Waals surface area contributed by atoms with Gasteiger partial charge in [-0.3, -0.25) is 0 Å². The summed E-state index contributed by atoms with van der Waals surface area (Å²) in [6, 6.07) is 0. The molecule has 0 fully saturated rings. The van der Waals surface area contributed by atoms with E-state index < -0.39 is 7.25 Å². The predicted octanol–water partition coefficient (Wildman–Crippen LogP) is 2.17. The van der Waals surface area contributed by atoms with Gasteiger partial charge in [0.1, 0.15) is 5.82 Å². The van der Waals surface area contributed by atoms with Crippen molar-refractivity contribution in [1.29, 1.82) is 0 Å². The van der Waals surface area contributed by atoms with E-state index >= 15 is 0 Å². The number of nitrogens with zero attached hydrogens (tertiary/aromatic N) is 2. The highest BCUT2D eigenvalue weighted by atomic mass is 19.5. The summed E-state index contributed by atoms with van der Waals surface area (Å²) in [4.78, 5) is 4.16. The van der Waals surface area contributed by atoms with Gasteiger partial charge in [-0.25, -0.2) is 4.98 Å². The van der Waals surface area contributed by atoms with Crippen molar-refractivity contribution in [1.82, 2.24) is 9.55 Å². The summed E-state index contributed by atoms with van der Waals surface area (Å²) in [5.41, 5.74) is 5.37. The van der Waals surface area contributed by atoms with Crippen molar-refractivity contribution < 1.29 is 17.3 Å². The average Bonchev–Trinajstić information content (AvgIpc) is 2.59. The van der Waals surface area contributed by atoms with Gasteiger partial charge in [-0.1, -0.05) is 6.58 Å². The lowest BCUT2D eigenvalue weighted by Gasteiger charge is -1.99. The predicted molar refractivity (Wildman–Crippen MR) is 56.2 cm³/mol. The standard InChI is InChI=1S/C8H13N3.BF4/c1-2-11-7-6-10-8(11)4-3-5-9;2-1(3,4)5/h2,6-7H,1,3-5,9H2;/q;-1. The number of nitrogens with two attached hydrogens (primary N) is 1. The van der Waals surface area contributed by atoms with Crippen molar-refractivity contribution in [3.05, 3.63) is 24.8 Å². The van der Waals surface area contributed by atoms with E-state index in [4.69, 9.17) is 5.73 Å². The van der Waals surface area contributed by atoms with Crippen LogP contribution in [0.1, 0.15) is 12.2 Å². The minimum Gasteiger partial charge on any atom is -0.418 e. The monoisotopic (exact) mass is 238 g/mol. The molecule has 8 heteroatoms. The second-order valence-electron chi connectivity index (χ2n) is 2.82. The zero-order valence-electron chi connectivity index (χ0n) is 8.62. The molecule has 3 nitrogen and oxygen atoms in total. The Hall–Kier alpha value is -1.31. The molecule has 0 amide bonds. The molecule has 0 saturated carbocycles. The van der Waals surface area contributed by atoms with Crippen LogP contribution in [0.25, 0.3) is 6.20 Å². The summed E-state index contributed by atoms with van der Waals surface area (Å²) in [6.07, 6.45) is 7.31. The lowest BCUT2D eigenvalue weighted by atomic mass is 10.3. The van der Waals surface area contributed by atoms with E-state index in [0.29, 0.717) is 6.54 Å². The van der Waals surface area contributed by atoms with Crippen LogP contribution in [-0.2, 0) is 6.42 Å². The average molecular weight is 238 g/mol. The lowest BCUT2D eigenvalue weighted by molar-refractivity contribution is 0.368. The van der Waals surface area contributed by atoms with E-state index in [1.807, 2.05) is 10.8 Å². The van der Waals surface area contributed by atoms with Crippen LogP contribution >= 0.6 is 0 Å². The molecule has 0 atom stereocenters. The lowest BCUT2D eigenvalue weighted by Crippen LogP contribution is -2.03. The van der Waals surface area contributed by atoms with Gasteiger partial charge in [0, 0.05) is 25.0 Å². The van der Waals surface area contributed by atoms with E-state index in [-0.39, 0.29) is 0 Å². The number of hydrogen-bond donors (Lipinski definition) is 1. The summed E-state index contributed by atoms with van der Waals surface area (Å²) in [5.74, 6) is 1.03. The Morgan fingerprint density at radius 3 is 2.44 bits per heavy atom. The largest absolute Gasteiger partial charge is 0.673 e. The molecule has 1 rings (SSSR count). The highest BCUT2D eigenvalue weighted by molar-refractivity contribution is 6.50. The molecule has 1 aromatic heterocycles. The van der Waals surface area contributed by atoms with Crippen LogP contribution in [0.2, 0.25) is 0 Å². The van der Waals surface area contributed by atoms with Gasteiger partial charge in [0.25, 0.3) is 0 Å². The molecule has 0 aliphatic carbocycles. The first-order valence-corrected chi connectivity index (χ1v) is 4.60. The van der Waals surface area contributed by atoms with Gasteiger partial charge in [-0.2, -0.15) is 0 Å². The van der Waals surface area contributed by atoms with Gasteiger partial charge < -0.3 is 27.6 Å². The number of rotatable bonds is 4. The molecule has 92 valence electrons. The molecule has 0 radical (unpaired) electrons. The zero-order chi connectivity index (χ0) is 12.6. The first kappa shape index (κ1) is 14.7. The molecule has 16 heavy (non-hydrogen) atoms.